The van der Waals surface area contributed by atoms with Crippen molar-refractivity contribution in [3.05, 3.63) is 35.9 Å². The molecule has 268 valence electrons. The Balaban J connectivity index is 1.12. The van der Waals surface area contributed by atoms with Gasteiger partial charge >= 0.3 is 6.03 Å². The zero-order valence-electron chi connectivity index (χ0n) is 28.6. The summed E-state index contributed by atoms with van der Waals surface area (Å²) in [5.74, 6) is -0.654. The summed E-state index contributed by atoms with van der Waals surface area (Å²) in [6.07, 6.45) is 4.39. The van der Waals surface area contributed by atoms with Crippen LogP contribution in [-0.4, -0.2) is 107 Å². The molecular formula is C35H50N6O7S. The Labute approximate surface area is 292 Å². The Bertz CT molecular complexity index is 1390. The highest BCUT2D eigenvalue weighted by atomic mass is 32.2. The first-order valence-corrected chi connectivity index (χ1v) is 18.6. The fourth-order valence-electron chi connectivity index (χ4n) is 6.90. The van der Waals surface area contributed by atoms with Gasteiger partial charge in [-0.1, -0.05) is 50.6 Å². The minimum Gasteiger partial charge on any atom is -0.361 e. The lowest BCUT2D eigenvalue weighted by molar-refractivity contribution is -0.140. The summed E-state index contributed by atoms with van der Waals surface area (Å²) in [5.41, 5.74) is -0.0696. The van der Waals surface area contributed by atoms with Gasteiger partial charge in [-0.05, 0) is 50.5 Å². The van der Waals surface area contributed by atoms with Crippen molar-refractivity contribution in [2.75, 3.05) is 25.4 Å². The van der Waals surface area contributed by atoms with Crippen LogP contribution < -0.4 is 26.6 Å². The number of amides is 6. The van der Waals surface area contributed by atoms with Gasteiger partial charge in [0.15, 0.2) is 5.78 Å². The van der Waals surface area contributed by atoms with Crippen LogP contribution in [0.15, 0.2) is 30.3 Å². The summed E-state index contributed by atoms with van der Waals surface area (Å²) >= 11 is 1.84. The highest BCUT2D eigenvalue weighted by molar-refractivity contribution is 8.00. The van der Waals surface area contributed by atoms with E-state index in [1.165, 1.54) is 4.90 Å². The Kier molecular flexibility index (Phi) is 12.2. The molecule has 5 rings (SSSR count). The van der Waals surface area contributed by atoms with Crippen LogP contribution in [0.1, 0.15) is 71.3 Å². The number of thioether (sulfide) groups is 1. The Hall–Kier alpha value is -3.65. The highest BCUT2D eigenvalue weighted by Crippen LogP contribution is 2.33. The molecule has 0 radical (unpaired) electrons. The first-order valence-electron chi connectivity index (χ1n) is 17.5. The molecule has 5 N–H and O–H groups in total. The number of urea groups is 1. The monoisotopic (exact) mass is 698 g/mol. The summed E-state index contributed by atoms with van der Waals surface area (Å²) in [7, 11) is 0. The average molecular weight is 699 g/mol. The highest BCUT2D eigenvalue weighted by Gasteiger charge is 2.50. The molecule has 0 aromatic heterocycles. The summed E-state index contributed by atoms with van der Waals surface area (Å²) in [6, 6.07) is 6.98. The van der Waals surface area contributed by atoms with Crippen molar-refractivity contribution >= 4 is 47.2 Å². The van der Waals surface area contributed by atoms with E-state index in [9.17, 15) is 28.8 Å². The number of Topliss-reactive ketones (excluding diaryl/α,β-unsaturated/α-hetero) is 1. The molecule has 7 atom stereocenters. The number of unbranched alkanes of at least 4 members (excludes halogenated alkanes) is 1. The van der Waals surface area contributed by atoms with E-state index in [1.54, 1.807) is 6.92 Å². The molecule has 1 unspecified atom stereocenters. The first-order chi connectivity index (χ1) is 23.4. The molecule has 49 heavy (non-hydrogen) atoms. The van der Waals surface area contributed by atoms with Gasteiger partial charge in [-0.3, -0.25) is 24.0 Å². The Morgan fingerprint density at radius 1 is 1.06 bits per heavy atom. The fourth-order valence-corrected chi connectivity index (χ4v) is 8.44. The van der Waals surface area contributed by atoms with Crippen molar-refractivity contribution in [3.8, 4) is 0 Å². The lowest BCUT2D eigenvalue weighted by Crippen LogP contribution is -2.57. The van der Waals surface area contributed by atoms with Crippen LogP contribution in [-0.2, 0) is 35.1 Å². The van der Waals surface area contributed by atoms with Crippen LogP contribution >= 0.6 is 11.8 Å². The Morgan fingerprint density at radius 2 is 1.82 bits per heavy atom. The number of likely N-dealkylation sites (tertiary alicyclic amines) is 1. The fraction of sp³-hybridized carbons (Fsp3) is 0.657. The molecule has 4 heterocycles. The van der Waals surface area contributed by atoms with Crippen LogP contribution in [0.5, 0.6) is 0 Å². The second kappa shape index (κ2) is 16.4. The molecule has 14 heteroatoms. The van der Waals surface area contributed by atoms with E-state index in [2.05, 4.69) is 26.6 Å². The average Bonchev–Trinajstić information content (AvgIpc) is 3.36. The number of ketones is 1. The molecule has 0 saturated carbocycles. The molecule has 0 bridgehead atoms. The Morgan fingerprint density at radius 3 is 2.53 bits per heavy atom. The normalized spacial score (nSPS) is 26.7. The standard InChI is InChI=1S/C35H50N6O7S/c1-21(2)16-23(31(44)35(3)20-48-35)37-32(45)24(17-22-10-5-4-6-11-22)38-33(46)26-12-9-15-41(26)29(43)18-36-28(42)14-8-7-13-27-30-25(19-49-27)39-34(47)40-30/h4-6,10-11,21,23-27,30H,7-9,12-20H2,1-3H3,(H,36,42)(H,37,45)(H,38,46)(H2,39,40,47)/t23-,24-,25-,26-,27?,30-,35+/m0/s1. The van der Waals surface area contributed by atoms with E-state index < -0.39 is 35.5 Å². The van der Waals surface area contributed by atoms with Crippen LogP contribution in [0, 0.1) is 5.92 Å². The second-order valence-electron chi connectivity index (χ2n) is 14.2. The number of carbonyl (C=O) groups excluding carboxylic acids is 6. The molecule has 0 aliphatic carbocycles. The van der Waals surface area contributed by atoms with Gasteiger partial charge in [-0.15, -0.1) is 0 Å². The number of nitrogens with zero attached hydrogens (tertiary/aromatic N) is 1. The smallest absolute Gasteiger partial charge is 0.315 e. The van der Waals surface area contributed by atoms with Gasteiger partial charge in [-0.25, -0.2) is 4.79 Å². The van der Waals surface area contributed by atoms with Crippen molar-refractivity contribution in [1.29, 1.82) is 0 Å². The third kappa shape index (κ3) is 9.74. The van der Waals surface area contributed by atoms with Gasteiger partial charge in [0.05, 0.1) is 31.3 Å². The van der Waals surface area contributed by atoms with Crippen molar-refractivity contribution in [2.24, 2.45) is 5.92 Å². The third-order valence-electron chi connectivity index (χ3n) is 9.75. The van der Waals surface area contributed by atoms with E-state index in [-0.39, 0.29) is 61.0 Å². The number of benzene rings is 1. The molecule has 6 amide bonds. The largest absolute Gasteiger partial charge is 0.361 e. The van der Waals surface area contributed by atoms with E-state index in [1.807, 2.05) is 55.9 Å². The topological polar surface area (TPSA) is 178 Å². The van der Waals surface area contributed by atoms with Crippen LogP contribution in [0.25, 0.3) is 0 Å². The van der Waals surface area contributed by atoms with Crippen LogP contribution in [0.3, 0.4) is 0 Å². The molecule has 4 saturated heterocycles. The molecule has 4 aliphatic rings. The maximum Gasteiger partial charge on any atom is 0.315 e. The zero-order valence-corrected chi connectivity index (χ0v) is 29.4. The summed E-state index contributed by atoms with van der Waals surface area (Å²) in [4.78, 5) is 79.4. The van der Waals surface area contributed by atoms with E-state index in [4.69, 9.17) is 4.74 Å². The van der Waals surface area contributed by atoms with Gasteiger partial charge in [0.25, 0.3) is 0 Å². The second-order valence-corrected chi connectivity index (χ2v) is 15.5. The minimum atomic E-state index is -0.975. The lowest BCUT2D eigenvalue weighted by Gasteiger charge is -2.28. The summed E-state index contributed by atoms with van der Waals surface area (Å²) in [6.45, 7) is 6.14. The van der Waals surface area contributed by atoms with Crippen LogP contribution in [0.2, 0.25) is 0 Å². The van der Waals surface area contributed by atoms with Crippen molar-refractivity contribution in [1.82, 2.24) is 31.5 Å². The number of fused-ring (bicyclic) bond motifs is 1. The number of carbonyl (C=O) groups is 6. The van der Waals surface area contributed by atoms with E-state index in [0.29, 0.717) is 44.1 Å². The third-order valence-corrected chi connectivity index (χ3v) is 11.3. The van der Waals surface area contributed by atoms with Gasteiger partial charge in [-0.2, -0.15) is 11.8 Å². The number of hydrogen-bond donors (Lipinski definition) is 5. The molecule has 4 aliphatic heterocycles. The van der Waals surface area contributed by atoms with E-state index >= 15 is 0 Å². The number of hydrogen-bond acceptors (Lipinski definition) is 8. The van der Waals surface area contributed by atoms with Crippen molar-refractivity contribution < 1.29 is 33.5 Å². The molecule has 4 fully saturated rings. The number of ether oxygens (including phenoxy) is 1. The predicted octanol–water partition coefficient (Wildman–Crippen LogP) is 1.44. The van der Waals surface area contributed by atoms with Crippen molar-refractivity contribution in [2.45, 2.75) is 113 Å². The summed E-state index contributed by atoms with van der Waals surface area (Å²) in [5, 5.41) is 14.7. The molecule has 13 nitrogen and oxygen atoms in total. The maximum absolute atomic E-state index is 13.7. The van der Waals surface area contributed by atoms with Crippen molar-refractivity contribution in [3.63, 3.8) is 0 Å². The number of nitrogens with one attached hydrogen (secondary N) is 5. The predicted molar refractivity (Wildman–Crippen MR) is 185 cm³/mol. The van der Waals surface area contributed by atoms with Gasteiger partial charge in [0, 0.05) is 30.4 Å². The minimum absolute atomic E-state index is 0.114. The lowest BCUT2D eigenvalue weighted by atomic mass is 9.93. The number of rotatable bonds is 17. The van der Waals surface area contributed by atoms with Gasteiger partial charge in [0.2, 0.25) is 23.6 Å². The van der Waals surface area contributed by atoms with Crippen LogP contribution in [0.4, 0.5) is 4.79 Å². The van der Waals surface area contributed by atoms with E-state index in [0.717, 1.165) is 24.2 Å². The van der Waals surface area contributed by atoms with Gasteiger partial charge in [0.1, 0.15) is 17.7 Å². The number of epoxide rings is 1. The summed E-state index contributed by atoms with van der Waals surface area (Å²) < 4.78 is 5.37. The molecule has 0 spiro atoms. The van der Waals surface area contributed by atoms with Gasteiger partial charge < -0.3 is 36.2 Å². The molecular weight excluding hydrogens is 648 g/mol. The first kappa shape index (κ1) is 36.6. The SMILES string of the molecule is CC(C)C[C@H](NC(=O)[C@H](Cc1ccccc1)NC(=O)[C@@H]1CCCN1C(=O)CNC(=O)CCCCC1SC[C@@H]2NC(=O)N[C@H]12)C(=O)[C@@]1(C)CO1. The maximum atomic E-state index is 13.7. The quantitative estimate of drug-likeness (QED) is 0.0922. The zero-order chi connectivity index (χ0) is 35.1. The molecule has 1 aromatic carbocycles. The molecule has 1 aromatic rings.